The van der Waals surface area contributed by atoms with Gasteiger partial charge in [0.15, 0.2) is 0 Å². The average Bonchev–Trinajstić information content (AvgIpc) is 2.27. The van der Waals surface area contributed by atoms with E-state index in [0.29, 0.717) is 24.3 Å². The Labute approximate surface area is 86.8 Å². The van der Waals surface area contributed by atoms with Crippen molar-refractivity contribution in [3.8, 4) is 5.75 Å². The first-order valence-corrected chi connectivity index (χ1v) is 4.72. The number of methoxy groups -OCH3 is 1. The molecule has 0 bridgehead atoms. The summed E-state index contributed by atoms with van der Waals surface area (Å²) in [5.74, 6) is -0.550. The van der Waals surface area contributed by atoms with Crippen LogP contribution >= 0.6 is 0 Å². The SMILES string of the molecule is COC(=O)C1CCOc2ccc(F)cc21. The van der Waals surface area contributed by atoms with Crippen LogP contribution in [0.2, 0.25) is 0 Å². The van der Waals surface area contributed by atoms with Crippen LogP contribution in [-0.2, 0) is 9.53 Å². The number of hydrogen-bond donors (Lipinski definition) is 0. The standard InChI is InChI=1S/C11H11FO3/c1-14-11(13)8-4-5-15-10-3-2-7(12)6-9(8)10/h2-3,6,8H,4-5H2,1H3. The van der Waals surface area contributed by atoms with Crippen LogP contribution in [0.4, 0.5) is 4.39 Å². The highest BCUT2D eigenvalue weighted by molar-refractivity contribution is 5.79. The lowest BCUT2D eigenvalue weighted by molar-refractivity contribution is -0.143. The summed E-state index contributed by atoms with van der Waals surface area (Å²) < 4.78 is 23.0. The molecule has 4 heteroatoms. The van der Waals surface area contributed by atoms with Crippen LogP contribution < -0.4 is 4.74 Å². The normalized spacial score (nSPS) is 18.9. The first-order valence-electron chi connectivity index (χ1n) is 4.72. The molecule has 15 heavy (non-hydrogen) atoms. The van der Waals surface area contributed by atoms with E-state index in [2.05, 4.69) is 4.74 Å². The van der Waals surface area contributed by atoms with Crippen molar-refractivity contribution in [2.45, 2.75) is 12.3 Å². The monoisotopic (exact) mass is 210 g/mol. The third-order valence-corrected chi connectivity index (χ3v) is 2.50. The van der Waals surface area contributed by atoms with Gasteiger partial charge in [-0.25, -0.2) is 4.39 Å². The lowest BCUT2D eigenvalue weighted by Gasteiger charge is -2.23. The van der Waals surface area contributed by atoms with Crippen molar-refractivity contribution in [1.29, 1.82) is 0 Å². The minimum atomic E-state index is -0.408. The number of hydrogen-bond acceptors (Lipinski definition) is 3. The third-order valence-electron chi connectivity index (χ3n) is 2.50. The van der Waals surface area contributed by atoms with Crippen LogP contribution in [0.25, 0.3) is 0 Å². The molecular formula is C11H11FO3. The van der Waals surface area contributed by atoms with Crippen molar-refractivity contribution in [3.63, 3.8) is 0 Å². The smallest absolute Gasteiger partial charge is 0.313 e. The fraction of sp³-hybridized carbons (Fsp3) is 0.364. The van der Waals surface area contributed by atoms with E-state index in [1.54, 1.807) is 6.07 Å². The van der Waals surface area contributed by atoms with Gasteiger partial charge in [-0.05, 0) is 24.6 Å². The van der Waals surface area contributed by atoms with Crippen LogP contribution in [0.5, 0.6) is 5.75 Å². The Morgan fingerprint density at radius 3 is 3.13 bits per heavy atom. The van der Waals surface area contributed by atoms with E-state index in [1.807, 2.05) is 0 Å². The zero-order chi connectivity index (χ0) is 10.8. The van der Waals surface area contributed by atoms with Gasteiger partial charge in [-0.3, -0.25) is 4.79 Å². The number of ether oxygens (including phenoxy) is 2. The largest absolute Gasteiger partial charge is 0.493 e. The Morgan fingerprint density at radius 2 is 2.40 bits per heavy atom. The number of carbonyl (C=O) groups excluding carboxylic acids is 1. The highest BCUT2D eigenvalue weighted by atomic mass is 19.1. The lowest BCUT2D eigenvalue weighted by atomic mass is 9.93. The van der Waals surface area contributed by atoms with E-state index in [0.717, 1.165) is 0 Å². The third kappa shape index (κ3) is 1.79. The maximum atomic E-state index is 13.0. The van der Waals surface area contributed by atoms with Crippen molar-refractivity contribution in [1.82, 2.24) is 0 Å². The second kappa shape index (κ2) is 3.88. The van der Waals surface area contributed by atoms with Gasteiger partial charge in [0.25, 0.3) is 0 Å². The van der Waals surface area contributed by atoms with Gasteiger partial charge in [-0.1, -0.05) is 0 Å². The van der Waals surface area contributed by atoms with Crippen LogP contribution in [0, 0.1) is 5.82 Å². The number of fused-ring (bicyclic) bond motifs is 1. The second-order valence-electron chi connectivity index (χ2n) is 3.40. The maximum absolute atomic E-state index is 13.0. The molecule has 1 aromatic carbocycles. The predicted molar refractivity (Wildman–Crippen MR) is 51.3 cm³/mol. The molecule has 80 valence electrons. The molecule has 1 unspecified atom stereocenters. The molecule has 0 aromatic heterocycles. The van der Waals surface area contributed by atoms with E-state index >= 15 is 0 Å². The van der Waals surface area contributed by atoms with Crippen LogP contribution in [0.1, 0.15) is 17.9 Å². The molecule has 1 atom stereocenters. The summed E-state index contributed by atoms with van der Waals surface area (Å²) in [5, 5.41) is 0. The second-order valence-corrected chi connectivity index (χ2v) is 3.40. The molecule has 0 saturated carbocycles. The predicted octanol–water partition coefficient (Wildman–Crippen LogP) is 1.86. The van der Waals surface area contributed by atoms with E-state index in [9.17, 15) is 9.18 Å². The number of halogens is 1. The first-order chi connectivity index (χ1) is 7.22. The minimum Gasteiger partial charge on any atom is -0.493 e. The van der Waals surface area contributed by atoms with Crippen LogP contribution in [-0.4, -0.2) is 19.7 Å². The summed E-state index contributed by atoms with van der Waals surface area (Å²) in [4.78, 5) is 11.4. The fourth-order valence-corrected chi connectivity index (χ4v) is 1.75. The van der Waals surface area contributed by atoms with Gasteiger partial charge in [0, 0.05) is 5.56 Å². The molecule has 2 rings (SSSR count). The number of esters is 1. The van der Waals surface area contributed by atoms with Gasteiger partial charge in [-0.15, -0.1) is 0 Å². The topological polar surface area (TPSA) is 35.5 Å². The molecule has 1 aliphatic heterocycles. The maximum Gasteiger partial charge on any atom is 0.313 e. The molecule has 0 aliphatic carbocycles. The zero-order valence-electron chi connectivity index (χ0n) is 8.33. The van der Waals surface area contributed by atoms with Gasteiger partial charge in [0.2, 0.25) is 0 Å². The Hall–Kier alpha value is -1.58. The van der Waals surface area contributed by atoms with Gasteiger partial charge >= 0.3 is 5.97 Å². The molecule has 0 saturated heterocycles. The van der Waals surface area contributed by atoms with E-state index in [1.165, 1.54) is 19.2 Å². The van der Waals surface area contributed by atoms with Crippen molar-refractivity contribution < 1.29 is 18.7 Å². The molecule has 0 amide bonds. The Bertz CT molecular complexity index is 389. The molecule has 3 nitrogen and oxygen atoms in total. The summed E-state index contributed by atoms with van der Waals surface area (Å²) in [6.45, 7) is 0.457. The van der Waals surface area contributed by atoms with E-state index in [4.69, 9.17) is 4.74 Å². The first kappa shape index (κ1) is 9.96. The Balaban J connectivity index is 2.40. The molecule has 1 aliphatic rings. The van der Waals surface area contributed by atoms with Crippen molar-refractivity contribution in [2.75, 3.05) is 13.7 Å². The molecule has 0 N–H and O–H groups in total. The number of benzene rings is 1. The summed E-state index contributed by atoms with van der Waals surface area (Å²) in [6.07, 6.45) is 0.531. The van der Waals surface area contributed by atoms with Gasteiger partial charge in [0.05, 0.1) is 19.6 Å². The summed E-state index contributed by atoms with van der Waals surface area (Å²) in [7, 11) is 1.33. The Morgan fingerprint density at radius 1 is 1.60 bits per heavy atom. The van der Waals surface area contributed by atoms with Gasteiger partial charge in [-0.2, -0.15) is 0 Å². The molecule has 0 fully saturated rings. The van der Waals surface area contributed by atoms with Gasteiger partial charge < -0.3 is 9.47 Å². The Kier molecular flexibility index (Phi) is 2.58. The van der Waals surface area contributed by atoms with Crippen molar-refractivity contribution in [3.05, 3.63) is 29.6 Å². The fourth-order valence-electron chi connectivity index (χ4n) is 1.75. The summed E-state index contributed by atoms with van der Waals surface area (Å²) in [6, 6.07) is 4.19. The molecule has 1 aromatic rings. The molecule has 0 spiro atoms. The van der Waals surface area contributed by atoms with Gasteiger partial charge in [0.1, 0.15) is 11.6 Å². The lowest BCUT2D eigenvalue weighted by Crippen LogP contribution is -2.22. The zero-order valence-corrected chi connectivity index (χ0v) is 8.33. The van der Waals surface area contributed by atoms with Crippen LogP contribution in [0.15, 0.2) is 18.2 Å². The van der Waals surface area contributed by atoms with Crippen molar-refractivity contribution >= 4 is 5.97 Å². The quantitative estimate of drug-likeness (QED) is 0.664. The number of rotatable bonds is 1. The number of carbonyl (C=O) groups is 1. The summed E-state index contributed by atoms with van der Waals surface area (Å²) in [5.41, 5.74) is 0.577. The minimum absolute atomic E-state index is 0.342. The van der Waals surface area contributed by atoms with Crippen molar-refractivity contribution in [2.24, 2.45) is 0 Å². The summed E-state index contributed by atoms with van der Waals surface area (Å²) >= 11 is 0. The van der Waals surface area contributed by atoms with E-state index < -0.39 is 5.92 Å². The molecule has 1 heterocycles. The molecule has 0 radical (unpaired) electrons. The highest BCUT2D eigenvalue weighted by Crippen LogP contribution is 2.34. The highest BCUT2D eigenvalue weighted by Gasteiger charge is 2.28. The average molecular weight is 210 g/mol. The van der Waals surface area contributed by atoms with E-state index in [-0.39, 0.29) is 11.8 Å². The molecular weight excluding hydrogens is 199 g/mol. The van der Waals surface area contributed by atoms with Crippen LogP contribution in [0.3, 0.4) is 0 Å².